The summed E-state index contributed by atoms with van der Waals surface area (Å²) in [5.74, 6) is -0.189. The number of nitrogens with zero attached hydrogens (tertiary/aromatic N) is 1. The fourth-order valence-electron chi connectivity index (χ4n) is 4.03. The molecule has 1 N–H and O–H groups in total. The van der Waals surface area contributed by atoms with Gasteiger partial charge in [-0.1, -0.05) is 24.3 Å². The van der Waals surface area contributed by atoms with Crippen molar-refractivity contribution >= 4 is 23.2 Å². The Labute approximate surface area is 215 Å². The molecule has 8 heteroatoms. The molecule has 1 aromatic heterocycles. The van der Waals surface area contributed by atoms with Gasteiger partial charge in [0.15, 0.2) is 6.10 Å². The van der Waals surface area contributed by atoms with Crippen LogP contribution in [0.5, 0.6) is 5.75 Å². The summed E-state index contributed by atoms with van der Waals surface area (Å²) in [7, 11) is 0. The first-order valence-corrected chi connectivity index (χ1v) is 12.9. The van der Waals surface area contributed by atoms with Crippen LogP contribution in [-0.4, -0.2) is 60.9 Å². The second kappa shape index (κ2) is 12.2. The number of aryl methyl sites for hydroxylation is 1. The standard InChI is InChI=1S/C28H31NO6S/c1-3-34-24(28(31)32)17-20-4-10-23(11-5-20)35-18-26-19(2)16-25(36-26)21-6-8-22(9-7-21)27(30)29-12-14-33-15-13-29/h4-11,16,24H,3,12-15,17-18H2,1-2H3,(H,31,32)/t24-/m0/s1. The number of rotatable bonds is 10. The second-order valence-electron chi connectivity index (χ2n) is 8.62. The molecule has 3 aromatic rings. The average molecular weight is 510 g/mol. The van der Waals surface area contributed by atoms with E-state index in [0.29, 0.717) is 51.5 Å². The van der Waals surface area contributed by atoms with Crippen LogP contribution in [0.4, 0.5) is 0 Å². The van der Waals surface area contributed by atoms with E-state index in [0.717, 1.165) is 32.2 Å². The number of amides is 1. The lowest BCUT2D eigenvalue weighted by Gasteiger charge is -2.26. The van der Waals surface area contributed by atoms with Crippen LogP contribution < -0.4 is 4.74 Å². The maximum absolute atomic E-state index is 12.7. The van der Waals surface area contributed by atoms with Gasteiger partial charge in [0, 0.05) is 41.4 Å². The molecule has 36 heavy (non-hydrogen) atoms. The Morgan fingerprint density at radius 2 is 1.78 bits per heavy atom. The summed E-state index contributed by atoms with van der Waals surface area (Å²) < 4.78 is 16.6. The van der Waals surface area contributed by atoms with Gasteiger partial charge in [0.05, 0.1) is 13.2 Å². The third-order valence-corrected chi connectivity index (χ3v) is 7.35. The van der Waals surface area contributed by atoms with Crippen LogP contribution in [0, 0.1) is 6.92 Å². The first-order chi connectivity index (χ1) is 17.4. The van der Waals surface area contributed by atoms with Crippen molar-refractivity contribution in [1.82, 2.24) is 4.90 Å². The molecule has 2 aromatic carbocycles. The number of carbonyl (C=O) groups excluding carboxylic acids is 1. The zero-order valence-electron chi connectivity index (χ0n) is 20.6. The van der Waals surface area contributed by atoms with Crippen LogP contribution in [0.25, 0.3) is 10.4 Å². The van der Waals surface area contributed by atoms with Crippen LogP contribution >= 0.6 is 11.3 Å². The van der Waals surface area contributed by atoms with Crippen molar-refractivity contribution in [3.8, 4) is 16.2 Å². The molecular weight excluding hydrogens is 478 g/mol. The number of hydrogen-bond donors (Lipinski definition) is 1. The Bertz CT molecular complexity index is 1170. The molecule has 0 spiro atoms. The summed E-state index contributed by atoms with van der Waals surface area (Å²) in [5.41, 5.74) is 3.80. The monoisotopic (exact) mass is 509 g/mol. The van der Waals surface area contributed by atoms with Gasteiger partial charge in [0.1, 0.15) is 12.4 Å². The number of carboxylic acids is 1. The molecule has 0 radical (unpaired) electrons. The lowest BCUT2D eigenvalue weighted by Crippen LogP contribution is -2.40. The molecule has 2 heterocycles. The summed E-state index contributed by atoms with van der Waals surface area (Å²) >= 11 is 1.68. The highest BCUT2D eigenvalue weighted by molar-refractivity contribution is 7.15. The van der Waals surface area contributed by atoms with Gasteiger partial charge in [-0.05, 0) is 60.9 Å². The lowest BCUT2D eigenvalue weighted by atomic mass is 10.1. The summed E-state index contributed by atoms with van der Waals surface area (Å²) in [6.45, 7) is 7.10. The van der Waals surface area contributed by atoms with Gasteiger partial charge in [-0.25, -0.2) is 4.79 Å². The topological polar surface area (TPSA) is 85.3 Å². The number of carboxylic acid groups (broad SMARTS) is 1. The Morgan fingerprint density at radius 1 is 1.08 bits per heavy atom. The van der Waals surface area contributed by atoms with Gasteiger partial charge in [0.2, 0.25) is 0 Å². The predicted molar refractivity (Wildman–Crippen MR) is 139 cm³/mol. The van der Waals surface area contributed by atoms with E-state index in [-0.39, 0.29) is 5.91 Å². The summed E-state index contributed by atoms with van der Waals surface area (Å²) in [6.07, 6.45) is -0.534. The van der Waals surface area contributed by atoms with Crippen molar-refractivity contribution in [2.45, 2.75) is 33.0 Å². The minimum absolute atomic E-state index is 0.0451. The number of carbonyl (C=O) groups is 2. The van der Waals surface area contributed by atoms with E-state index in [4.69, 9.17) is 14.2 Å². The SMILES string of the molecule is CCO[C@@H](Cc1ccc(OCc2sc(-c3ccc(C(=O)N4CCOCC4)cc3)cc2C)cc1)C(=O)O. The van der Waals surface area contributed by atoms with E-state index < -0.39 is 12.1 Å². The van der Waals surface area contributed by atoms with Gasteiger partial charge in [-0.15, -0.1) is 11.3 Å². The van der Waals surface area contributed by atoms with Gasteiger partial charge in [-0.2, -0.15) is 0 Å². The number of thiophene rings is 1. The third-order valence-electron chi connectivity index (χ3n) is 6.09. The summed E-state index contributed by atoms with van der Waals surface area (Å²) in [5, 5.41) is 9.26. The van der Waals surface area contributed by atoms with E-state index in [1.165, 1.54) is 0 Å². The Kier molecular flexibility index (Phi) is 8.74. The Hall–Kier alpha value is -3.20. The molecule has 1 aliphatic heterocycles. The highest BCUT2D eigenvalue weighted by Crippen LogP contribution is 2.32. The zero-order valence-corrected chi connectivity index (χ0v) is 21.4. The highest BCUT2D eigenvalue weighted by Gasteiger charge is 2.19. The van der Waals surface area contributed by atoms with Crippen LogP contribution in [-0.2, 0) is 27.3 Å². The number of ether oxygens (including phenoxy) is 3. The van der Waals surface area contributed by atoms with Crippen LogP contribution in [0.1, 0.15) is 33.3 Å². The normalized spacial score (nSPS) is 14.4. The van der Waals surface area contributed by atoms with Crippen molar-refractivity contribution in [2.24, 2.45) is 0 Å². The first-order valence-electron chi connectivity index (χ1n) is 12.1. The van der Waals surface area contributed by atoms with Crippen LogP contribution in [0.3, 0.4) is 0 Å². The molecule has 1 fully saturated rings. The van der Waals surface area contributed by atoms with Gasteiger partial charge in [-0.3, -0.25) is 4.79 Å². The Morgan fingerprint density at radius 3 is 2.42 bits per heavy atom. The zero-order chi connectivity index (χ0) is 25.5. The van der Waals surface area contributed by atoms with Crippen molar-refractivity contribution in [2.75, 3.05) is 32.9 Å². The fraction of sp³-hybridized carbons (Fsp3) is 0.357. The molecular formula is C28H31NO6S. The number of morpholine rings is 1. The molecule has 190 valence electrons. The van der Waals surface area contributed by atoms with E-state index >= 15 is 0 Å². The van der Waals surface area contributed by atoms with E-state index in [1.54, 1.807) is 18.3 Å². The smallest absolute Gasteiger partial charge is 0.333 e. The minimum Gasteiger partial charge on any atom is -0.488 e. The highest BCUT2D eigenvalue weighted by atomic mass is 32.1. The molecule has 0 saturated carbocycles. The molecule has 1 aliphatic rings. The lowest BCUT2D eigenvalue weighted by molar-refractivity contribution is -0.149. The van der Waals surface area contributed by atoms with E-state index in [1.807, 2.05) is 53.4 Å². The molecule has 0 unspecified atom stereocenters. The van der Waals surface area contributed by atoms with Crippen molar-refractivity contribution in [3.05, 3.63) is 76.2 Å². The summed E-state index contributed by atoms with van der Waals surface area (Å²) in [4.78, 5) is 28.1. The van der Waals surface area contributed by atoms with Crippen molar-refractivity contribution in [1.29, 1.82) is 0 Å². The predicted octanol–water partition coefficient (Wildman–Crippen LogP) is 4.81. The minimum atomic E-state index is -0.959. The average Bonchev–Trinajstić information content (AvgIpc) is 3.28. The van der Waals surface area contributed by atoms with Crippen LogP contribution in [0.15, 0.2) is 54.6 Å². The first kappa shape index (κ1) is 25.9. The van der Waals surface area contributed by atoms with Gasteiger partial charge < -0.3 is 24.2 Å². The van der Waals surface area contributed by atoms with Crippen LogP contribution in [0.2, 0.25) is 0 Å². The molecule has 1 atom stereocenters. The maximum atomic E-state index is 12.7. The Balaban J connectivity index is 1.35. The maximum Gasteiger partial charge on any atom is 0.333 e. The number of aliphatic carboxylic acids is 1. The number of benzene rings is 2. The fourth-order valence-corrected chi connectivity index (χ4v) is 5.13. The number of hydrogen-bond acceptors (Lipinski definition) is 6. The van der Waals surface area contributed by atoms with Gasteiger partial charge >= 0.3 is 5.97 Å². The van der Waals surface area contributed by atoms with Gasteiger partial charge in [0.25, 0.3) is 5.91 Å². The summed E-state index contributed by atoms with van der Waals surface area (Å²) in [6, 6.07) is 17.4. The third kappa shape index (κ3) is 6.51. The second-order valence-corrected chi connectivity index (χ2v) is 9.75. The largest absolute Gasteiger partial charge is 0.488 e. The molecule has 1 amide bonds. The van der Waals surface area contributed by atoms with E-state index in [9.17, 15) is 14.7 Å². The molecule has 0 aliphatic carbocycles. The van der Waals surface area contributed by atoms with E-state index in [2.05, 4.69) is 13.0 Å². The molecule has 0 bridgehead atoms. The van der Waals surface area contributed by atoms with Crippen molar-refractivity contribution in [3.63, 3.8) is 0 Å². The quantitative estimate of drug-likeness (QED) is 0.422. The molecule has 4 rings (SSSR count). The molecule has 1 saturated heterocycles. The van der Waals surface area contributed by atoms with Crippen molar-refractivity contribution < 1.29 is 28.9 Å². The molecule has 7 nitrogen and oxygen atoms in total.